The summed E-state index contributed by atoms with van der Waals surface area (Å²) in [4.78, 5) is 0. The average Bonchev–Trinajstić information content (AvgIpc) is 2.57. The maximum atomic E-state index is 5.83. The van der Waals surface area contributed by atoms with Crippen molar-refractivity contribution in [2.24, 2.45) is 0 Å². The molecule has 1 aliphatic heterocycles. The first-order valence-corrected chi connectivity index (χ1v) is 6.75. The first-order chi connectivity index (χ1) is 9.24. The molecule has 0 spiro atoms. The van der Waals surface area contributed by atoms with Gasteiger partial charge in [0.25, 0.3) is 0 Å². The molecule has 0 fully saturated rings. The molecule has 1 aliphatic rings. The second kappa shape index (κ2) is 4.93. The minimum absolute atomic E-state index is 0.225. The second-order valence-electron chi connectivity index (χ2n) is 5.21. The van der Waals surface area contributed by atoms with E-state index >= 15 is 0 Å². The van der Waals surface area contributed by atoms with Crippen LogP contribution in [0, 0.1) is 6.92 Å². The van der Waals surface area contributed by atoms with E-state index in [-0.39, 0.29) is 6.10 Å². The lowest BCUT2D eigenvalue weighted by atomic mass is 9.93. The van der Waals surface area contributed by atoms with Gasteiger partial charge in [-0.3, -0.25) is 0 Å². The summed E-state index contributed by atoms with van der Waals surface area (Å²) in [6.45, 7) is 4.24. The van der Waals surface area contributed by atoms with E-state index < -0.39 is 0 Å². The van der Waals surface area contributed by atoms with Crippen molar-refractivity contribution in [3.8, 4) is 0 Å². The molecule has 1 atom stereocenters. The lowest BCUT2D eigenvalue weighted by molar-refractivity contribution is 0.165. The zero-order valence-electron chi connectivity index (χ0n) is 11.4. The third-order valence-corrected chi connectivity index (χ3v) is 3.56. The third-order valence-electron chi connectivity index (χ3n) is 3.56. The fraction of sp³-hybridized carbons (Fsp3) is 0.222. The Morgan fingerprint density at radius 1 is 1.05 bits per heavy atom. The molecule has 0 aliphatic carbocycles. The monoisotopic (exact) mass is 250 g/mol. The highest BCUT2D eigenvalue weighted by molar-refractivity contribution is 5.81. The number of hydrogen-bond acceptors (Lipinski definition) is 1. The van der Waals surface area contributed by atoms with E-state index in [1.807, 2.05) is 6.26 Å². The number of rotatable bonds is 1. The van der Waals surface area contributed by atoms with Crippen molar-refractivity contribution in [2.75, 3.05) is 0 Å². The van der Waals surface area contributed by atoms with Gasteiger partial charge in [-0.05, 0) is 30.5 Å². The molecule has 0 bridgehead atoms. The molecule has 1 heteroatoms. The Morgan fingerprint density at radius 3 is 2.74 bits per heavy atom. The molecular formula is C18H18O. The van der Waals surface area contributed by atoms with Gasteiger partial charge in [-0.2, -0.15) is 0 Å². The van der Waals surface area contributed by atoms with E-state index in [1.165, 1.54) is 27.8 Å². The Morgan fingerprint density at radius 2 is 1.89 bits per heavy atom. The Balaban J connectivity index is 2.15. The normalized spacial score (nSPS) is 18.0. The van der Waals surface area contributed by atoms with Crippen molar-refractivity contribution in [1.29, 1.82) is 0 Å². The minimum Gasteiger partial charge on any atom is -0.497 e. The van der Waals surface area contributed by atoms with Gasteiger partial charge < -0.3 is 4.74 Å². The van der Waals surface area contributed by atoms with E-state index in [0.29, 0.717) is 0 Å². The largest absolute Gasteiger partial charge is 0.497 e. The van der Waals surface area contributed by atoms with Gasteiger partial charge in [-0.25, -0.2) is 0 Å². The van der Waals surface area contributed by atoms with E-state index in [1.54, 1.807) is 0 Å². The summed E-state index contributed by atoms with van der Waals surface area (Å²) in [6, 6.07) is 17.2. The third kappa shape index (κ3) is 2.41. The molecule has 3 rings (SSSR count). The van der Waals surface area contributed by atoms with Crippen LogP contribution in [-0.2, 0) is 11.2 Å². The zero-order valence-corrected chi connectivity index (χ0v) is 11.4. The number of hydrogen-bond donors (Lipinski definition) is 0. The first-order valence-electron chi connectivity index (χ1n) is 6.75. The smallest absolute Gasteiger partial charge is 0.0991 e. The first kappa shape index (κ1) is 12.0. The molecule has 0 saturated carbocycles. The molecule has 0 aromatic heterocycles. The maximum Gasteiger partial charge on any atom is 0.0991 e. The standard InChI is InChI=1S/C18H18O/c1-13-6-5-8-15(10-13)18-12-19-14(2)11-16-7-3-4-9-17(16)18/h3-10,12,14H,11H2,1-2H3. The van der Waals surface area contributed by atoms with Crippen molar-refractivity contribution in [3.05, 3.63) is 77.0 Å². The molecular weight excluding hydrogens is 232 g/mol. The highest BCUT2D eigenvalue weighted by Crippen LogP contribution is 2.30. The second-order valence-corrected chi connectivity index (χ2v) is 5.21. The number of aryl methyl sites for hydroxylation is 1. The summed E-state index contributed by atoms with van der Waals surface area (Å²) < 4.78 is 5.83. The molecule has 0 N–H and O–H groups in total. The minimum atomic E-state index is 0.225. The predicted molar refractivity (Wildman–Crippen MR) is 79.0 cm³/mol. The van der Waals surface area contributed by atoms with Gasteiger partial charge in [0.15, 0.2) is 0 Å². The maximum absolute atomic E-state index is 5.83. The molecule has 2 aromatic rings. The lowest BCUT2D eigenvalue weighted by Gasteiger charge is -2.10. The van der Waals surface area contributed by atoms with Crippen molar-refractivity contribution in [1.82, 2.24) is 0 Å². The molecule has 1 heterocycles. The molecule has 0 saturated heterocycles. The van der Waals surface area contributed by atoms with Crippen molar-refractivity contribution < 1.29 is 4.74 Å². The molecule has 19 heavy (non-hydrogen) atoms. The molecule has 96 valence electrons. The van der Waals surface area contributed by atoms with Crippen LogP contribution in [0.1, 0.15) is 29.2 Å². The Bertz CT molecular complexity index is 625. The SMILES string of the molecule is Cc1cccc(C2=COC(C)Cc3ccccc32)c1. The van der Waals surface area contributed by atoms with Gasteiger partial charge in [0.05, 0.1) is 12.4 Å². The Kier molecular flexibility index (Phi) is 3.12. The van der Waals surface area contributed by atoms with Crippen molar-refractivity contribution >= 4 is 5.57 Å². The summed E-state index contributed by atoms with van der Waals surface area (Å²) in [5.74, 6) is 0. The van der Waals surface area contributed by atoms with Crippen molar-refractivity contribution in [2.45, 2.75) is 26.4 Å². The fourth-order valence-electron chi connectivity index (χ4n) is 2.60. The number of benzene rings is 2. The Labute approximate surface area is 114 Å². The molecule has 2 aromatic carbocycles. The number of ether oxygens (including phenoxy) is 1. The van der Waals surface area contributed by atoms with Gasteiger partial charge in [0.1, 0.15) is 0 Å². The van der Waals surface area contributed by atoms with E-state index in [4.69, 9.17) is 4.74 Å². The van der Waals surface area contributed by atoms with Gasteiger partial charge in [-0.15, -0.1) is 0 Å². The van der Waals surface area contributed by atoms with Crippen LogP contribution < -0.4 is 0 Å². The summed E-state index contributed by atoms with van der Waals surface area (Å²) in [5, 5.41) is 0. The average molecular weight is 250 g/mol. The highest BCUT2D eigenvalue weighted by Gasteiger charge is 2.16. The van der Waals surface area contributed by atoms with E-state index in [9.17, 15) is 0 Å². The zero-order chi connectivity index (χ0) is 13.2. The van der Waals surface area contributed by atoms with Crippen LogP contribution in [0.25, 0.3) is 5.57 Å². The van der Waals surface area contributed by atoms with E-state index in [2.05, 4.69) is 62.4 Å². The van der Waals surface area contributed by atoms with Crippen LogP contribution in [0.15, 0.2) is 54.8 Å². The molecule has 1 nitrogen and oxygen atoms in total. The van der Waals surface area contributed by atoms with Gasteiger partial charge >= 0.3 is 0 Å². The molecule has 0 radical (unpaired) electrons. The Hall–Kier alpha value is -2.02. The molecule has 0 amide bonds. The molecule has 1 unspecified atom stereocenters. The number of fused-ring (bicyclic) bond motifs is 1. The summed E-state index contributed by atoms with van der Waals surface area (Å²) in [5.41, 5.74) is 6.33. The van der Waals surface area contributed by atoms with Crippen LogP contribution in [0.3, 0.4) is 0 Å². The lowest BCUT2D eigenvalue weighted by Crippen LogP contribution is -2.06. The summed E-state index contributed by atoms with van der Waals surface area (Å²) in [6.07, 6.45) is 3.11. The van der Waals surface area contributed by atoms with Crippen LogP contribution in [-0.4, -0.2) is 6.10 Å². The predicted octanol–water partition coefficient (Wildman–Crippen LogP) is 4.35. The van der Waals surface area contributed by atoms with Crippen LogP contribution >= 0.6 is 0 Å². The van der Waals surface area contributed by atoms with Gasteiger partial charge in [0.2, 0.25) is 0 Å². The van der Waals surface area contributed by atoms with Crippen LogP contribution in [0.5, 0.6) is 0 Å². The van der Waals surface area contributed by atoms with Gasteiger partial charge in [0, 0.05) is 12.0 Å². The summed E-state index contributed by atoms with van der Waals surface area (Å²) >= 11 is 0. The topological polar surface area (TPSA) is 9.23 Å². The van der Waals surface area contributed by atoms with Gasteiger partial charge in [-0.1, -0.05) is 54.1 Å². The quantitative estimate of drug-likeness (QED) is 0.731. The summed E-state index contributed by atoms with van der Waals surface area (Å²) in [7, 11) is 0. The van der Waals surface area contributed by atoms with E-state index in [0.717, 1.165) is 6.42 Å². The van der Waals surface area contributed by atoms with Crippen molar-refractivity contribution in [3.63, 3.8) is 0 Å². The fourth-order valence-corrected chi connectivity index (χ4v) is 2.60. The van der Waals surface area contributed by atoms with Crippen LogP contribution in [0.4, 0.5) is 0 Å². The van der Waals surface area contributed by atoms with Crippen LogP contribution in [0.2, 0.25) is 0 Å². The highest BCUT2D eigenvalue weighted by atomic mass is 16.5.